The van der Waals surface area contributed by atoms with Crippen LogP contribution in [0.4, 0.5) is 5.69 Å². The van der Waals surface area contributed by atoms with Crippen molar-refractivity contribution in [3.05, 3.63) is 65.7 Å². The molecule has 0 bridgehead atoms. The van der Waals surface area contributed by atoms with Gasteiger partial charge in [-0.2, -0.15) is 5.10 Å². The van der Waals surface area contributed by atoms with Crippen molar-refractivity contribution in [1.82, 2.24) is 34.1 Å². The Morgan fingerprint density at radius 2 is 2.00 bits per heavy atom. The lowest BCUT2D eigenvalue weighted by atomic mass is 10.0. The van der Waals surface area contributed by atoms with Gasteiger partial charge in [0.2, 0.25) is 10.0 Å². The van der Waals surface area contributed by atoms with Gasteiger partial charge in [-0.05, 0) is 42.0 Å². The lowest BCUT2D eigenvalue weighted by Gasteiger charge is -2.34. The first-order valence-corrected chi connectivity index (χ1v) is 11.7. The maximum atomic E-state index is 12.9. The van der Waals surface area contributed by atoms with Gasteiger partial charge in [0.15, 0.2) is 5.82 Å². The maximum Gasteiger partial charge on any atom is 0.259 e. The maximum absolute atomic E-state index is 12.9. The van der Waals surface area contributed by atoms with Gasteiger partial charge in [0, 0.05) is 25.0 Å². The summed E-state index contributed by atoms with van der Waals surface area (Å²) in [6.07, 6.45) is 4.50. The van der Waals surface area contributed by atoms with Gasteiger partial charge >= 0.3 is 0 Å². The average Bonchev–Trinajstić information content (AvgIpc) is 3.35. The van der Waals surface area contributed by atoms with Gasteiger partial charge in [0.05, 0.1) is 35.1 Å². The summed E-state index contributed by atoms with van der Waals surface area (Å²) in [5.41, 5.74) is 3.31. The van der Waals surface area contributed by atoms with Crippen LogP contribution in [0.1, 0.15) is 27.7 Å². The van der Waals surface area contributed by atoms with E-state index in [0.717, 1.165) is 5.56 Å². The number of anilines is 1. The first kappa shape index (κ1) is 20.3. The number of carbonyl (C=O) groups is 1. The molecule has 1 aliphatic rings. The molecule has 0 atom stereocenters. The van der Waals surface area contributed by atoms with E-state index in [1.165, 1.54) is 21.6 Å². The van der Waals surface area contributed by atoms with Crippen molar-refractivity contribution in [2.45, 2.75) is 12.8 Å². The number of aryl methyl sites for hydroxylation is 1. The molecule has 0 saturated carbocycles. The van der Waals surface area contributed by atoms with Crippen LogP contribution in [0.15, 0.2) is 48.8 Å². The highest BCUT2D eigenvalue weighted by atomic mass is 32.2. The van der Waals surface area contributed by atoms with Crippen molar-refractivity contribution in [2.75, 3.05) is 24.7 Å². The molecule has 3 aromatic heterocycles. The largest absolute Gasteiger partial charge is 0.322 e. The van der Waals surface area contributed by atoms with E-state index >= 15 is 0 Å². The number of benzene rings is 1. The van der Waals surface area contributed by atoms with Crippen LogP contribution >= 0.6 is 0 Å². The SMILES string of the molecule is Cc1ccc(-n2nnc(C3CN(S(C)(=O)=O)C3)n2)cc1NC(=O)c1cnn2ccccc12. The number of hydrogen-bond donors (Lipinski definition) is 1. The zero-order chi connectivity index (χ0) is 22.5. The van der Waals surface area contributed by atoms with E-state index in [2.05, 4.69) is 25.8 Å². The zero-order valence-electron chi connectivity index (χ0n) is 17.4. The summed E-state index contributed by atoms with van der Waals surface area (Å²) < 4.78 is 26.1. The minimum atomic E-state index is -3.20. The summed E-state index contributed by atoms with van der Waals surface area (Å²) in [7, 11) is -3.20. The third-order valence-corrected chi connectivity index (χ3v) is 6.72. The van der Waals surface area contributed by atoms with Crippen molar-refractivity contribution < 1.29 is 13.2 Å². The number of nitrogens with one attached hydrogen (secondary N) is 1. The van der Waals surface area contributed by atoms with Crippen LogP contribution in [-0.2, 0) is 10.0 Å². The molecule has 1 aromatic carbocycles. The fourth-order valence-electron chi connectivity index (χ4n) is 3.54. The van der Waals surface area contributed by atoms with E-state index < -0.39 is 10.0 Å². The van der Waals surface area contributed by atoms with E-state index in [-0.39, 0.29) is 11.8 Å². The molecule has 11 nitrogen and oxygen atoms in total. The van der Waals surface area contributed by atoms with Gasteiger partial charge in [0.1, 0.15) is 0 Å². The van der Waals surface area contributed by atoms with Gasteiger partial charge in [-0.1, -0.05) is 12.1 Å². The second-order valence-electron chi connectivity index (χ2n) is 7.76. The highest BCUT2D eigenvalue weighted by molar-refractivity contribution is 7.88. The number of sulfonamides is 1. The number of amides is 1. The monoisotopic (exact) mass is 452 g/mol. The summed E-state index contributed by atoms with van der Waals surface area (Å²) in [6, 6.07) is 11.0. The standard InChI is InChI=1S/C20H20N8O3S/c1-13-6-7-15(28-24-19(23-25-28)14-11-26(12-14)32(2,30)31)9-17(13)22-20(29)16-10-21-27-8-4-3-5-18(16)27/h3-10,14H,11-12H2,1-2H3,(H,22,29). The second kappa shape index (κ2) is 7.50. The normalized spacial score (nSPS) is 15.1. The molecule has 0 radical (unpaired) electrons. The molecule has 164 valence electrons. The van der Waals surface area contributed by atoms with E-state index in [1.807, 2.05) is 37.3 Å². The fraction of sp³-hybridized carbons (Fsp3) is 0.250. The molecule has 1 amide bonds. The lowest BCUT2D eigenvalue weighted by molar-refractivity contribution is 0.102. The molecule has 0 spiro atoms. The first-order chi connectivity index (χ1) is 15.3. The summed E-state index contributed by atoms with van der Waals surface area (Å²) in [4.78, 5) is 14.3. The van der Waals surface area contributed by atoms with E-state index in [9.17, 15) is 13.2 Å². The van der Waals surface area contributed by atoms with E-state index in [1.54, 1.807) is 16.8 Å². The molecule has 5 rings (SSSR count). The predicted octanol–water partition coefficient (Wildman–Crippen LogP) is 1.23. The number of nitrogens with zero attached hydrogens (tertiary/aromatic N) is 7. The third kappa shape index (κ3) is 3.63. The highest BCUT2D eigenvalue weighted by Gasteiger charge is 2.36. The van der Waals surface area contributed by atoms with E-state index in [4.69, 9.17) is 0 Å². The Morgan fingerprint density at radius 1 is 1.19 bits per heavy atom. The number of aromatic nitrogens is 6. The quantitative estimate of drug-likeness (QED) is 0.482. The Hall–Kier alpha value is -3.64. The fourth-order valence-corrected chi connectivity index (χ4v) is 4.44. The van der Waals surface area contributed by atoms with Gasteiger partial charge in [-0.3, -0.25) is 4.79 Å². The van der Waals surface area contributed by atoms with Crippen LogP contribution < -0.4 is 5.32 Å². The number of rotatable bonds is 5. The number of pyridine rings is 1. The van der Waals surface area contributed by atoms with Crippen LogP contribution in [0.25, 0.3) is 11.2 Å². The molecule has 1 fully saturated rings. The van der Waals surface area contributed by atoms with Crippen LogP contribution in [0.5, 0.6) is 0 Å². The molecule has 4 aromatic rings. The Morgan fingerprint density at radius 3 is 2.78 bits per heavy atom. The molecular weight excluding hydrogens is 432 g/mol. The van der Waals surface area contributed by atoms with Gasteiger partial charge in [0.25, 0.3) is 5.91 Å². The Kier molecular flexibility index (Phi) is 4.75. The topological polar surface area (TPSA) is 127 Å². The first-order valence-electron chi connectivity index (χ1n) is 9.89. The molecule has 1 N–H and O–H groups in total. The number of hydrogen-bond acceptors (Lipinski definition) is 7. The van der Waals surface area contributed by atoms with Crippen molar-refractivity contribution in [3.63, 3.8) is 0 Å². The smallest absolute Gasteiger partial charge is 0.259 e. The molecule has 0 unspecified atom stereocenters. The summed E-state index contributed by atoms with van der Waals surface area (Å²) >= 11 is 0. The molecule has 0 aliphatic carbocycles. The van der Waals surface area contributed by atoms with Gasteiger partial charge < -0.3 is 5.32 Å². The molecular formula is C20H20N8O3S. The van der Waals surface area contributed by atoms with Crippen LogP contribution in [-0.4, -0.2) is 67.8 Å². The minimum absolute atomic E-state index is 0.0845. The van der Waals surface area contributed by atoms with Gasteiger partial charge in [-0.25, -0.2) is 17.2 Å². The van der Waals surface area contributed by atoms with Crippen molar-refractivity contribution in [1.29, 1.82) is 0 Å². The molecule has 1 saturated heterocycles. The molecule has 32 heavy (non-hydrogen) atoms. The van der Waals surface area contributed by atoms with Gasteiger partial charge in [-0.15, -0.1) is 15.0 Å². The Bertz CT molecular complexity index is 1440. The summed E-state index contributed by atoms with van der Waals surface area (Å²) in [6.45, 7) is 2.59. The van der Waals surface area contributed by atoms with Crippen LogP contribution in [0.2, 0.25) is 0 Å². The lowest BCUT2D eigenvalue weighted by Crippen LogP contribution is -2.48. The number of fused-ring (bicyclic) bond motifs is 1. The number of tetrazole rings is 1. The molecule has 12 heteroatoms. The van der Waals surface area contributed by atoms with Crippen molar-refractivity contribution >= 4 is 27.1 Å². The van der Waals surface area contributed by atoms with Crippen molar-refractivity contribution in [2.24, 2.45) is 0 Å². The molecule has 4 heterocycles. The Labute approximate surface area is 183 Å². The average molecular weight is 453 g/mol. The van der Waals surface area contributed by atoms with Crippen molar-refractivity contribution in [3.8, 4) is 5.69 Å². The minimum Gasteiger partial charge on any atom is -0.322 e. The summed E-state index contributed by atoms with van der Waals surface area (Å²) in [5.74, 6) is 0.134. The van der Waals surface area contributed by atoms with Crippen LogP contribution in [0.3, 0.4) is 0 Å². The zero-order valence-corrected chi connectivity index (χ0v) is 18.2. The third-order valence-electron chi connectivity index (χ3n) is 5.48. The van der Waals surface area contributed by atoms with Crippen LogP contribution in [0, 0.1) is 6.92 Å². The molecule has 1 aliphatic heterocycles. The highest BCUT2D eigenvalue weighted by Crippen LogP contribution is 2.27. The summed E-state index contributed by atoms with van der Waals surface area (Å²) in [5, 5.41) is 19.7. The predicted molar refractivity (Wildman–Crippen MR) is 116 cm³/mol. The number of carbonyl (C=O) groups excluding carboxylic acids is 1. The second-order valence-corrected chi connectivity index (χ2v) is 9.74. The van der Waals surface area contributed by atoms with E-state index in [0.29, 0.717) is 41.4 Å². The Balaban J connectivity index is 1.36.